The Hall–Kier alpha value is -0.810. The normalized spacial score (nSPS) is 33.4. The second kappa shape index (κ2) is 6.09. The molecule has 4 N–H and O–H groups in total. The molecule has 1 aliphatic carbocycles. The summed E-state index contributed by atoms with van der Waals surface area (Å²) in [6.45, 7) is 2.47. The second-order valence-electron chi connectivity index (χ2n) is 6.20. The van der Waals surface area contributed by atoms with Crippen molar-refractivity contribution in [2.75, 3.05) is 13.1 Å². The van der Waals surface area contributed by atoms with Crippen LogP contribution in [0.1, 0.15) is 51.4 Å². The van der Waals surface area contributed by atoms with Gasteiger partial charge in [-0.25, -0.2) is 10.8 Å². The molecule has 0 spiro atoms. The van der Waals surface area contributed by atoms with Gasteiger partial charge in [-0.05, 0) is 38.6 Å². The van der Waals surface area contributed by atoms with Crippen LogP contribution in [0.15, 0.2) is 4.99 Å². The number of piperidine rings is 1. The van der Waals surface area contributed by atoms with E-state index < -0.39 is 0 Å². The Labute approximate surface area is 116 Å². The third-order valence-corrected chi connectivity index (χ3v) is 4.95. The lowest BCUT2D eigenvalue weighted by Gasteiger charge is -2.31. The minimum Gasteiger partial charge on any atom is -0.353 e. The fourth-order valence-corrected chi connectivity index (χ4v) is 3.92. The van der Waals surface area contributed by atoms with Gasteiger partial charge in [-0.3, -0.25) is 10.3 Å². The van der Waals surface area contributed by atoms with E-state index in [1.54, 1.807) is 0 Å². The number of nitrogens with two attached hydrogens (primary N) is 1. The van der Waals surface area contributed by atoms with Crippen molar-refractivity contribution in [2.45, 2.75) is 69.5 Å². The van der Waals surface area contributed by atoms with Crippen molar-refractivity contribution in [1.82, 2.24) is 15.6 Å². The molecule has 2 aliphatic heterocycles. The number of rotatable bonds is 2. The maximum absolute atomic E-state index is 5.64. The standard InChI is InChI=1S/C14H27N5/c15-18-14(16-11-5-1-2-6-11)17-12-8-10-19-9-4-3-7-13(12)19/h11-13H,1-10,15H2,(H2,16,17,18). The fourth-order valence-electron chi connectivity index (χ4n) is 3.92. The molecule has 0 aromatic carbocycles. The molecule has 3 rings (SSSR count). The Bertz CT molecular complexity index is 324. The molecule has 1 saturated carbocycles. The van der Waals surface area contributed by atoms with E-state index in [1.165, 1.54) is 64.5 Å². The van der Waals surface area contributed by atoms with Crippen LogP contribution in [0.2, 0.25) is 0 Å². The van der Waals surface area contributed by atoms with Crippen LogP contribution >= 0.6 is 0 Å². The molecule has 5 heteroatoms. The summed E-state index contributed by atoms with van der Waals surface area (Å²) in [6, 6.07) is 1.65. The summed E-state index contributed by atoms with van der Waals surface area (Å²) in [6.07, 6.45) is 10.4. The first-order valence-electron chi connectivity index (χ1n) is 7.92. The first-order chi connectivity index (χ1) is 9.36. The predicted molar refractivity (Wildman–Crippen MR) is 77.8 cm³/mol. The van der Waals surface area contributed by atoms with Gasteiger partial charge in [-0.1, -0.05) is 19.3 Å². The van der Waals surface area contributed by atoms with E-state index in [1.807, 2.05) is 0 Å². The molecule has 3 aliphatic rings. The number of hydrazine groups is 1. The smallest absolute Gasteiger partial charge is 0.206 e. The maximum Gasteiger partial charge on any atom is 0.206 e. The summed E-state index contributed by atoms with van der Waals surface area (Å²) in [7, 11) is 0. The molecule has 108 valence electrons. The molecule has 2 heterocycles. The third kappa shape index (κ3) is 3.03. The highest BCUT2D eigenvalue weighted by molar-refractivity contribution is 5.79. The minimum atomic E-state index is 0.431. The van der Waals surface area contributed by atoms with Gasteiger partial charge in [-0.15, -0.1) is 0 Å². The monoisotopic (exact) mass is 265 g/mol. The van der Waals surface area contributed by atoms with Crippen LogP contribution in [0.25, 0.3) is 0 Å². The Morgan fingerprint density at radius 1 is 1.00 bits per heavy atom. The fraction of sp³-hybridized carbons (Fsp3) is 0.929. The molecule has 0 radical (unpaired) electrons. The molecule has 2 unspecified atom stereocenters. The maximum atomic E-state index is 5.64. The third-order valence-electron chi connectivity index (χ3n) is 4.95. The van der Waals surface area contributed by atoms with Crippen LogP contribution in [0.3, 0.4) is 0 Å². The van der Waals surface area contributed by atoms with Gasteiger partial charge < -0.3 is 5.32 Å². The van der Waals surface area contributed by atoms with Crippen molar-refractivity contribution < 1.29 is 0 Å². The molecule has 3 fully saturated rings. The highest BCUT2D eigenvalue weighted by atomic mass is 15.3. The first-order valence-corrected chi connectivity index (χ1v) is 7.92. The second-order valence-corrected chi connectivity index (χ2v) is 6.20. The van der Waals surface area contributed by atoms with Gasteiger partial charge in [0.2, 0.25) is 5.96 Å². The summed E-state index contributed by atoms with van der Waals surface area (Å²) in [5.74, 6) is 6.45. The highest BCUT2D eigenvalue weighted by Crippen LogP contribution is 2.29. The van der Waals surface area contributed by atoms with Crippen LogP contribution in [0.4, 0.5) is 0 Å². The largest absolute Gasteiger partial charge is 0.353 e. The van der Waals surface area contributed by atoms with Gasteiger partial charge in [0.1, 0.15) is 0 Å². The summed E-state index contributed by atoms with van der Waals surface area (Å²) in [5.41, 5.74) is 2.77. The lowest BCUT2D eigenvalue weighted by Crippen LogP contribution is -2.47. The Morgan fingerprint density at radius 3 is 2.58 bits per heavy atom. The molecule has 2 atom stereocenters. The zero-order valence-electron chi connectivity index (χ0n) is 11.8. The summed E-state index contributed by atoms with van der Waals surface area (Å²) in [5, 5.41) is 3.48. The lowest BCUT2D eigenvalue weighted by molar-refractivity contribution is 0.189. The molecular formula is C14H27N5. The topological polar surface area (TPSA) is 65.7 Å². The highest BCUT2D eigenvalue weighted by Gasteiger charge is 2.35. The van der Waals surface area contributed by atoms with Crippen molar-refractivity contribution in [3.8, 4) is 0 Å². The number of guanidine groups is 1. The molecular weight excluding hydrogens is 238 g/mol. The number of nitrogens with one attached hydrogen (secondary N) is 2. The summed E-state index contributed by atoms with van der Waals surface area (Å²) in [4.78, 5) is 7.48. The lowest BCUT2D eigenvalue weighted by atomic mass is 9.99. The molecule has 5 nitrogen and oxygen atoms in total. The van der Waals surface area contributed by atoms with Gasteiger partial charge in [0.15, 0.2) is 0 Å². The van der Waals surface area contributed by atoms with Gasteiger partial charge in [0, 0.05) is 18.6 Å². The summed E-state index contributed by atoms with van der Waals surface area (Å²) < 4.78 is 0. The molecule has 2 saturated heterocycles. The molecule has 0 aromatic rings. The quantitative estimate of drug-likeness (QED) is 0.301. The van der Waals surface area contributed by atoms with Gasteiger partial charge >= 0.3 is 0 Å². The minimum absolute atomic E-state index is 0.431. The van der Waals surface area contributed by atoms with Crippen molar-refractivity contribution in [2.24, 2.45) is 10.8 Å². The van der Waals surface area contributed by atoms with E-state index >= 15 is 0 Å². The van der Waals surface area contributed by atoms with E-state index in [-0.39, 0.29) is 0 Å². The van der Waals surface area contributed by atoms with Gasteiger partial charge in [0.05, 0.1) is 6.04 Å². The van der Waals surface area contributed by atoms with Crippen LogP contribution in [0, 0.1) is 0 Å². The van der Waals surface area contributed by atoms with Crippen LogP contribution in [-0.4, -0.2) is 42.1 Å². The number of fused-ring (bicyclic) bond motifs is 1. The van der Waals surface area contributed by atoms with Crippen molar-refractivity contribution in [1.29, 1.82) is 0 Å². The Morgan fingerprint density at radius 2 is 1.79 bits per heavy atom. The molecule has 0 bridgehead atoms. The van der Waals surface area contributed by atoms with E-state index in [9.17, 15) is 0 Å². The van der Waals surface area contributed by atoms with Crippen LogP contribution in [0.5, 0.6) is 0 Å². The number of hydrogen-bond donors (Lipinski definition) is 3. The van der Waals surface area contributed by atoms with Crippen LogP contribution < -0.4 is 16.6 Å². The average molecular weight is 265 g/mol. The SMILES string of the molecule is NNC(=NC1CCN2CCCCC12)NC1CCCC1. The molecule has 0 amide bonds. The zero-order chi connectivity index (χ0) is 13.1. The van der Waals surface area contributed by atoms with Crippen molar-refractivity contribution in [3.05, 3.63) is 0 Å². The summed E-state index contributed by atoms with van der Waals surface area (Å²) >= 11 is 0. The molecule has 0 aromatic heterocycles. The van der Waals surface area contributed by atoms with E-state index in [2.05, 4.69) is 15.6 Å². The van der Waals surface area contributed by atoms with Gasteiger partial charge in [-0.2, -0.15) is 0 Å². The predicted octanol–water partition coefficient (Wildman–Crippen LogP) is 0.965. The number of nitrogens with zero attached hydrogens (tertiary/aromatic N) is 2. The number of hydrogen-bond acceptors (Lipinski definition) is 3. The van der Waals surface area contributed by atoms with Crippen molar-refractivity contribution >= 4 is 5.96 Å². The first kappa shape index (κ1) is 13.2. The Balaban J connectivity index is 1.61. The van der Waals surface area contributed by atoms with Crippen molar-refractivity contribution in [3.63, 3.8) is 0 Å². The van der Waals surface area contributed by atoms with E-state index in [4.69, 9.17) is 10.8 Å². The zero-order valence-corrected chi connectivity index (χ0v) is 11.8. The van der Waals surface area contributed by atoms with E-state index in [0.29, 0.717) is 18.1 Å². The number of aliphatic imine (C=N–C) groups is 1. The van der Waals surface area contributed by atoms with E-state index in [0.717, 1.165) is 5.96 Å². The molecule has 19 heavy (non-hydrogen) atoms. The Kier molecular flexibility index (Phi) is 4.23. The van der Waals surface area contributed by atoms with Gasteiger partial charge in [0.25, 0.3) is 0 Å². The van der Waals surface area contributed by atoms with Crippen LogP contribution in [-0.2, 0) is 0 Å². The average Bonchev–Trinajstić information content (AvgIpc) is 3.08.